The highest BCUT2D eigenvalue weighted by Crippen LogP contribution is 2.19. The predicted molar refractivity (Wildman–Crippen MR) is 71.2 cm³/mol. The Labute approximate surface area is 111 Å². The fourth-order valence-corrected chi connectivity index (χ4v) is 1.72. The molecule has 2 N–H and O–H groups in total. The maximum absolute atomic E-state index is 11.4. The van der Waals surface area contributed by atoms with E-state index in [1.54, 1.807) is 0 Å². The van der Waals surface area contributed by atoms with E-state index in [1.165, 1.54) is 17.4 Å². The van der Waals surface area contributed by atoms with Crippen molar-refractivity contribution >= 4 is 11.8 Å². The Bertz CT molecular complexity index is 587. The molecule has 0 fully saturated rings. The molecule has 1 aromatic carbocycles. The second kappa shape index (κ2) is 5.09. The maximum atomic E-state index is 11.4. The van der Waals surface area contributed by atoms with Crippen molar-refractivity contribution in [1.29, 1.82) is 0 Å². The van der Waals surface area contributed by atoms with Crippen LogP contribution in [0.15, 0.2) is 24.3 Å². The topological polar surface area (TPSA) is 83.0 Å². The molecule has 19 heavy (non-hydrogen) atoms. The molecule has 1 aromatic heterocycles. The highest BCUT2D eigenvalue weighted by molar-refractivity contribution is 5.92. The van der Waals surface area contributed by atoms with E-state index in [2.05, 4.69) is 28.9 Å². The number of carbonyl (C=O) groups is 1. The summed E-state index contributed by atoms with van der Waals surface area (Å²) in [5, 5.41) is 7.60. The van der Waals surface area contributed by atoms with Crippen LogP contribution in [0.2, 0.25) is 0 Å². The number of nitrogens with two attached hydrogens (primary N) is 1. The monoisotopic (exact) mass is 260 g/mol. The Morgan fingerprint density at radius 3 is 2.47 bits per heavy atom. The van der Waals surface area contributed by atoms with Crippen LogP contribution in [0.5, 0.6) is 0 Å². The van der Waals surface area contributed by atoms with Crippen LogP contribution in [0.4, 0.5) is 5.82 Å². The fraction of sp³-hybridized carbons (Fsp3) is 0.308. The van der Waals surface area contributed by atoms with E-state index in [0.717, 1.165) is 5.69 Å². The Morgan fingerprint density at radius 2 is 1.95 bits per heavy atom. The standard InChI is InChI=1S/C13H16N4O2/c1-8(2)9-4-6-10(7-5-9)17-12(14)11(15-16-17)13(18)19-3/h4-8H,14H2,1-3H3. The number of aromatic nitrogens is 3. The largest absolute Gasteiger partial charge is 0.464 e. The number of hydrogen-bond donors (Lipinski definition) is 1. The lowest BCUT2D eigenvalue weighted by molar-refractivity contribution is 0.0595. The van der Waals surface area contributed by atoms with E-state index in [-0.39, 0.29) is 11.5 Å². The van der Waals surface area contributed by atoms with Crippen molar-refractivity contribution in [3.8, 4) is 5.69 Å². The molecule has 0 aliphatic carbocycles. The third-order valence-electron chi connectivity index (χ3n) is 2.89. The number of nitrogen functional groups attached to an aromatic ring is 1. The number of benzene rings is 1. The van der Waals surface area contributed by atoms with Gasteiger partial charge in [0.15, 0.2) is 5.82 Å². The van der Waals surface area contributed by atoms with Gasteiger partial charge in [0.25, 0.3) is 0 Å². The van der Waals surface area contributed by atoms with E-state index < -0.39 is 5.97 Å². The lowest BCUT2D eigenvalue weighted by atomic mass is 10.0. The average molecular weight is 260 g/mol. The highest BCUT2D eigenvalue weighted by atomic mass is 16.5. The molecular formula is C13H16N4O2. The maximum Gasteiger partial charge on any atom is 0.362 e. The van der Waals surface area contributed by atoms with Crippen molar-refractivity contribution in [2.45, 2.75) is 19.8 Å². The Kier molecular flexibility index (Phi) is 3.50. The third-order valence-corrected chi connectivity index (χ3v) is 2.89. The Morgan fingerprint density at radius 1 is 1.32 bits per heavy atom. The predicted octanol–water partition coefficient (Wildman–Crippen LogP) is 1.76. The highest BCUT2D eigenvalue weighted by Gasteiger charge is 2.18. The van der Waals surface area contributed by atoms with Crippen molar-refractivity contribution in [2.75, 3.05) is 12.8 Å². The van der Waals surface area contributed by atoms with Crippen LogP contribution in [-0.4, -0.2) is 28.1 Å². The molecule has 6 heteroatoms. The van der Waals surface area contributed by atoms with E-state index in [9.17, 15) is 4.79 Å². The Hall–Kier alpha value is -2.37. The number of carbonyl (C=O) groups excluding carboxylic acids is 1. The van der Waals surface area contributed by atoms with Crippen LogP contribution in [0.3, 0.4) is 0 Å². The number of rotatable bonds is 3. The van der Waals surface area contributed by atoms with Crippen LogP contribution in [0, 0.1) is 0 Å². The molecule has 1 heterocycles. The van der Waals surface area contributed by atoms with Crippen LogP contribution >= 0.6 is 0 Å². The third kappa shape index (κ3) is 2.42. The Balaban J connectivity index is 2.37. The van der Waals surface area contributed by atoms with Gasteiger partial charge in [0.05, 0.1) is 12.8 Å². The zero-order valence-electron chi connectivity index (χ0n) is 11.1. The summed E-state index contributed by atoms with van der Waals surface area (Å²) in [5.74, 6) is 0.0273. The van der Waals surface area contributed by atoms with E-state index in [0.29, 0.717) is 5.92 Å². The number of methoxy groups -OCH3 is 1. The summed E-state index contributed by atoms with van der Waals surface area (Å²) in [6.07, 6.45) is 0. The summed E-state index contributed by atoms with van der Waals surface area (Å²) < 4.78 is 6.00. The summed E-state index contributed by atoms with van der Waals surface area (Å²) in [7, 11) is 1.28. The molecule has 0 radical (unpaired) electrons. The van der Waals surface area contributed by atoms with E-state index >= 15 is 0 Å². The van der Waals surface area contributed by atoms with Gasteiger partial charge in [-0.15, -0.1) is 5.10 Å². The van der Waals surface area contributed by atoms with Crippen molar-refractivity contribution in [1.82, 2.24) is 15.0 Å². The molecule has 2 rings (SSSR count). The van der Waals surface area contributed by atoms with Gasteiger partial charge < -0.3 is 10.5 Å². The molecule has 100 valence electrons. The van der Waals surface area contributed by atoms with Gasteiger partial charge in [-0.3, -0.25) is 0 Å². The SMILES string of the molecule is COC(=O)c1nnn(-c2ccc(C(C)C)cc2)c1N. The average Bonchev–Trinajstić information content (AvgIpc) is 2.80. The van der Waals surface area contributed by atoms with Crippen LogP contribution in [0.25, 0.3) is 5.69 Å². The first kappa shape index (κ1) is 13.1. The minimum absolute atomic E-state index is 0.0236. The molecule has 0 aliphatic rings. The quantitative estimate of drug-likeness (QED) is 0.850. The molecule has 0 unspecified atom stereocenters. The minimum atomic E-state index is -0.595. The fourth-order valence-electron chi connectivity index (χ4n) is 1.72. The van der Waals surface area contributed by atoms with E-state index in [4.69, 9.17) is 5.73 Å². The summed E-state index contributed by atoms with van der Waals surface area (Å²) in [5.41, 5.74) is 7.84. The van der Waals surface area contributed by atoms with Crippen LogP contribution < -0.4 is 5.73 Å². The summed E-state index contributed by atoms with van der Waals surface area (Å²) in [4.78, 5) is 11.4. The van der Waals surface area contributed by atoms with Crippen molar-refractivity contribution in [3.05, 3.63) is 35.5 Å². The van der Waals surface area contributed by atoms with Gasteiger partial charge in [-0.1, -0.05) is 31.2 Å². The lowest BCUT2D eigenvalue weighted by Crippen LogP contribution is -2.07. The summed E-state index contributed by atoms with van der Waals surface area (Å²) in [6, 6.07) is 7.78. The van der Waals surface area contributed by atoms with E-state index in [1.807, 2.05) is 24.3 Å². The summed E-state index contributed by atoms with van der Waals surface area (Å²) in [6.45, 7) is 4.24. The second-order valence-electron chi connectivity index (χ2n) is 4.47. The number of ether oxygens (including phenoxy) is 1. The van der Waals surface area contributed by atoms with Gasteiger partial charge in [0.2, 0.25) is 5.69 Å². The molecule has 0 saturated carbocycles. The van der Waals surface area contributed by atoms with Crippen molar-refractivity contribution in [3.63, 3.8) is 0 Å². The molecule has 0 atom stereocenters. The smallest absolute Gasteiger partial charge is 0.362 e. The zero-order chi connectivity index (χ0) is 14.0. The molecule has 0 saturated heterocycles. The van der Waals surface area contributed by atoms with Crippen LogP contribution in [-0.2, 0) is 4.74 Å². The molecule has 6 nitrogen and oxygen atoms in total. The van der Waals surface area contributed by atoms with Gasteiger partial charge in [-0.25, -0.2) is 4.79 Å². The first-order valence-corrected chi connectivity index (χ1v) is 5.94. The number of anilines is 1. The summed E-state index contributed by atoms with van der Waals surface area (Å²) >= 11 is 0. The molecule has 0 aliphatic heterocycles. The first-order chi connectivity index (χ1) is 9.04. The number of esters is 1. The van der Waals surface area contributed by atoms with Gasteiger partial charge in [-0.2, -0.15) is 4.68 Å². The van der Waals surface area contributed by atoms with Gasteiger partial charge in [0.1, 0.15) is 0 Å². The lowest BCUT2D eigenvalue weighted by Gasteiger charge is -2.07. The van der Waals surface area contributed by atoms with Crippen molar-refractivity contribution in [2.24, 2.45) is 0 Å². The number of nitrogens with zero attached hydrogens (tertiary/aromatic N) is 3. The molecule has 0 amide bonds. The zero-order valence-corrected chi connectivity index (χ0v) is 11.1. The molecule has 0 bridgehead atoms. The molecule has 0 spiro atoms. The normalized spacial score (nSPS) is 10.7. The van der Waals surface area contributed by atoms with Crippen molar-refractivity contribution < 1.29 is 9.53 Å². The molecule has 2 aromatic rings. The van der Waals surface area contributed by atoms with Gasteiger partial charge >= 0.3 is 5.97 Å². The van der Waals surface area contributed by atoms with Gasteiger partial charge in [-0.05, 0) is 23.6 Å². The van der Waals surface area contributed by atoms with Gasteiger partial charge in [0, 0.05) is 0 Å². The number of hydrogen-bond acceptors (Lipinski definition) is 5. The second-order valence-corrected chi connectivity index (χ2v) is 4.47. The molecular weight excluding hydrogens is 244 g/mol. The first-order valence-electron chi connectivity index (χ1n) is 5.94. The minimum Gasteiger partial charge on any atom is -0.464 e. The van der Waals surface area contributed by atoms with Crippen LogP contribution in [0.1, 0.15) is 35.8 Å².